The number of hydrogen-bond acceptors (Lipinski definition) is 5. The van der Waals surface area contributed by atoms with Gasteiger partial charge in [0.1, 0.15) is 12.6 Å². The lowest BCUT2D eigenvalue weighted by Crippen LogP contribution is -2.37. The lowest BCUT2D eigenvalue weighted by Gasteiger charge is -2.22. The summed E-state index contributed by atoms with van der Waals surface area (Å²) >= 11 is 0. The van der Waals surface area contributed by atoms with E-state index in [4.69, 9.17) is 0 Å². The summed E-state index contributed by atoms with van der Waals surface area (Å²) in [4.78, 5) is 23.3. The largest absolute Gasteiger partial charge is 0.326 e. The van der Waals surface area contributed by atoms with Crippen LogP contribution in [0, 0.1) is 11.3 Å². The Kier molecular flexibility index (Phi) is 6.15. The number of hydrogen-bond donors (Lipinski definition) is 2. The first-order chi connectivity index (χ1) is 12.7. The topological polar surface area (TPSA) is 119 Å². The molecule has 0 aliphatic carbocycles. The number of sulfonamides is 1. The van der Waals surface area contributed by atoms with Gasteiger partial charge in [0.05, 0.1) is 17.5 Å². The van der Waals surface area contributed by atoms with Crippen LogP contribution < -0.4 is 14.9 Å². The Morgan fingerprint density at radius 2 is 1.59 bits per heavy atom. The Bertz CT molecular complexity index is 995. The van der Waals surface area contributed by atoms with E-state index in [0.717, 1.165) is 10.6 Å². The van der Waals surface area contributed by atoms with Crippen molar-refractivity contribution >= 4 is 38.9 Å². The second kappa shape index (κ2) is 8.33. The van der Waals surface area contributed by atoms with Gasteiger partial charge in [-0.1, -0.05) is 12.1 Å². The van der Waals surface area contributed by atoms with Crippen LogP contribution in [0.2, 0.25) is 0 Å². The van der Waals surface area contributed by atoms with E-state index in [-0.39, 0.29) is 17.2 Å². The third kappa shape index (κ3) is 5.55. The first kappa shape index (κ1) is 19.9. The van der Waals surface area contributed by atoms with Crippen LogP contribution in [0.1, 0.15) is 12.5 Å². The van der Waals surface area contributed by atoms with Gasteiger partial charge in [-0.25, -0.2) is 8.42 Å². The fraction of sp³-hybridized carbons (Fsp3) is 0.167. The Morgan fingerprint density at radius 1 is 1.04 bits per heavy atom. The second-order valence-electron chi connectivity index (χ2n) is 5.71. The maximum Gasteiger partial charge on any atom is 0.245 e. The second-order valence-corrected chi connectivity index (χ2v) is 7.61. The number of nitrogens with one attached hydrogen (secondary N) is 2. The van der Waals surface area contributed by atoms with Crippen LogP contribution in [0.3, 0.4) is 0 Å². The normalized spacial score (nSPS) is 10.6. The summed E-state index contributed by atoms with van der Waals surface area (Å²) in [5, 5.41) is 14.4. The minimum Gasteiger partial charge on any atom is -0.326 e. The SMILES string of the molecule is CC(=O)Nc1ccc(NC(=O)CN(c2ccccc2C#N)S(C)(=O)=O)cc1. The summed E-state index contributed by atoms with van der Waals surface area (Å²) in [5.74, 6) is -0.785. The molecular weight excluding hydrogens is 368 g/mol. The Morgan fingerprint density at radius 3 is 2.11 bits per heavy atom. The molecule has 0 saturated heterocycles. The molecule has 0 aliphatic rings. The number of benzene rings is 2. The molecule has 0 fully saturated rings. The molecule has 0 bridgehead atoms. The van der Waals surface area contributed by atoms with Crippen molar-refractivity contribution in [2.24, 2.45) is 0 Å². The molecule has 27 heavy (non-hydrogen) atoms. The summed E-state index contributed by atoms with van der Waals surface area (Å²) in [6, 6.07) is 14.4. The highest BCUT2D eigenvalue weighted by molar-refractivity contribution is 7.92. The molecule has 0 unspecified atom stereocenters. The molecule has 0 aromatic heterocycles. The predicted molar refractivity (Wildman–Crippen MR) is 103 cm³/mol. The molecule has 0 spiro atoms. The number of carbonyl (C=O) groups excluding carboxylic acids is 2. The molecule has 9 heteroatoms. The number of rotatable bonds is 6. The zero-order valence-corrected chi connectivity index (χ0v) is 15.6. The van der Waals surface area contributed by atoms with Gasteiger partial charge in [-0.3, -0.25) is 13.9 Å². The molecule has 8 nitrogen and oxygen atoms in total. The van der Waals surface area contributed by atoms with Gasteiger partial charge in [-0.05, 0) is 36.4 Å². The van der Waals surface area contributed by atoms with Crippen LogP contribution >= 0.6 is 0 Å². The molecule has 0 radical (unpaired) electrons. The Labute approximate surface area is 157 Å². The van der Waals surface area contributed by atoms with Gasteiger partial charge in [-0.2, -0.15) is 5.26 Å². The van der Waals surface area contributed by atoms with E-state index in [1.54, 1.807) is 36.4 Å². The Hall–Kier alpha value is -3.38. The van der Waals surface area contributed by atoms with E-state index >= 15 is 0 Å². The molecule has 0 aliphatic heterocycles. The van der Waals surface area contributed by atoms with Gasteiger partial charge in [0, 0.05) is 18.3 Å². The van der Waals surface area contributed by atoms with Gasteiger partial charge in [0.15, 0.2) is 0 Å². The molecule has 0 atom stereocenters. The van der Waals surface area contributed by atoms with Crippen LogP contribution in [0.4, 0.5) is 17.1 Å². The van der Waals surface area contributed by atoms with Gasteiger partial charge in [0.25, 0.3) is 0 Å². The fourth-order valence-corrected chi connectivity index (χ4v) is 3.21. The number of nitriles is 1. The van der Waals surface area contributed by atoms with Gasteiger partial charge in [0.2, 0.25) is 21.8 Å². The minimum absolute atomic E-state index is 0.138. The van der Waals surface area contributed by atoms with Crippen LogP contribution in [-0.4, -0.2) is 33.0 Å². The number of anilines is 3. The van der Waals surface area contributed by atoms with Crippen LogP contribution in [-0.2, 0) is 19.6 Å². The monoisotopic (exact) mass is 386 g/mol. The summed E-state index contributed by atoms with van der Waals surface area (Å²) in [6.07, 6.45) is 0.969. The van der Waals surface area contributed by atoms with Gasteiger partial charge >= 0.3 is 0 Å². The smallest absolute Gasteiger partial charge is 0.245 e. The molecule has 2 aromatic carbocycles. The van der Waals surface area contributed by atoms with E-state index in [1.165, 1.54) is 19.1 Å². The highest BCUT2D eigenvalue weighted by Crippen LogP contribution is 2.22. The van der Waals surface area contributed by atoms with E-state index < -0.39 is 22.5 Å². The van der Waals surface area contributed by atoms with Crippen molar-refractivity contribution in [2.45, 2.75) is 6.92 Å². The average molecular weight is 386 g/mol. The van der Waals surface area contributed by atoms with Crippen LogP contribution in [0.5, 0.6) is 0 Å². The number of amides is 2. The fourth-order valence-electron chi connectivity index (χ4n) is 2.34. The van der Waals surface area contributed by atoms with Crippen molar-refractivity contribution in [3.05, 3.63) is 54.1 Å². The summed E-state index contributed by atoms with van der Waals surface area (Å²) < 4.78 is 25.1. The zero-order valence-electron chi connectivity index (χ0n) is 14.8. The van der Waals surface area contributed by atoms with Crippen molar-refractivity contribution in [1.82, 2.24) is 0 Å². The predicted octanol–water partition coefficient (Wildman–Crippen LogP) is 1.92. The third-order valence-electron chi connectivity index (χ3n) is 3.47. The molecule has 0 saturated carbocycles. The van der Waals surface area contributed by atoms with E-state index in [0.29, 0.717) is 11.4 Å². The zero-order chi connectivity index (χ0) is 20.0. The van der Waals surface area contributed by atoms with Gasteiger partial charge in [-0.15, -0.1) is 0 Å². The van der Waals surface area contributed by atoms with E-state index in [9.17, 15) is 23.3 Å². The van der Waals surface area contributed by atoms with Gasteiger partial charge < -0.3 is 10.6 Å². The van der Waals surface area contributed by atoms with Crippen molar-refractivity contribution < 1.29 is 18.0 Å². The number of para-hydroxylation sites is 1. The standard InChI is InChI=1S/C18H18N4O4S/c1-13(23)20-15-7-9-16(10-8-15)21-18(24)12-22(27(2,25)26)17-6-4-3-5-14(17)11-19/h3-10H,12H2,1-2H3,(H,20,23)(H,21,24). The van der Waals surface area contributed by atoms with E-state index in [2.05, 4.69) is 10.6 Å². The highest BCUT2D eigenvalue weighted by atomic mass is 32.2. The lowest BCUT2D eigenvalue weighted by molar-refractivity contribution is -0.115. The maximum absolute atomic E-state index is 12.3. The van der Waals surface area contributed by atoms with E-state index in [1.807, 2.05) is 6.07 Å². The first-order valence-electron chi connectivity index (χ1n) is 7.85. The van der Waals surface area contributed by atoms with Crippen molar-refractivity contribution in [2.75, 3.05) is 27.7 Å². The third-order valence-corrected chi connectivity index (χ3v) is 4.60. The summed E-state index contributed by atoms with van der Waals surface area (Å²) in [5.41, 5.74) is 1.30. The molecule has 0 heterocycles. The summed E-state index contributed by atoms with van der Waals surface area (Å²) in [7, 11) is -3.78. The summed E-state index contributed by atoms with van der Waals surface area (Å²) in [6.45, 7) is 0.902. The van der Waals surface area contributed by atoms with Crippen LogP contribution in [0.25, 0.3) is 0 Å². The van der Waals surface area contributed by atoms with Crippen molar-refractivity contribution in [3.8, 4) is 6.07 Å². The first-order valence-corrected chi connectivity index (χ1v) is 9.70. The highest BCUT2D eigenvalue weighted by Gasteiger charge is 2.23. The van der Waals surface area contributed by atoms with Crippen LogP contribution in [0.15, 0.2) is 48.5 Å². The molecule has 2 rings (SSSR count). The minimum atomic E-state index is -3.78. The molecular formula is C18H18N4O4S. The number of nitrogens with zero attached hydrogens (tertiary/aromatic N) is 2. The lowest BCUT2D eigenvalue weighted by atomic mass is 10.2. The maximum atomic E-state index is 12.3. The quantitative estimate of drug-likeness (QED) is 0.786. The van der Waals surface area contributed by atoms with Crippen molar-refractivity contribution in [3.63, 3.8) is 0 Å². The van der Waals surface area contributed by atoms with Crippen molar-refractivity contribution in [1.29, 1.82) is 5.26 Å². The molecule has 2 N–H and O–H groups in total. The Balaban J connectivity index is 2.18. The molecule has 2 amide bonds. The molecule has 2 aromatic rings. The number of carbonyl (C=O) groups is 2. The average Bonchev–Trinajstić information content (AvgIpc) is 2.60. The molecule has 140 valence electrons.